The zero-order valence-corrected chi connectivity index (χ0v) is 17.3. The van der Waals surface area contributed by atoms with Crippen LogP contribution in [0.5, 0.6) is 0 Å². The highest BCUT2D eigenvalue weighted by molar-refractivity contribution is 7.18. The lowest BCUT2D eigenvalue weighted by Gasteiger charge is -2.33. The molecule has 1 aromatic carbocycles. The number of amides is 1. The molecule has 0 atom stereocenters. The molecule has 1 N–H and O–H groups in total. The fourth-order valence-electron chi connectivity index (χ4n) is 3.84. The molecule has 0 aliphatic carbocycles. The maximum absolute atomic E-state index is 12.4. The third kappa shape index (κ3) is 4.17. The zero-order valence-electron chi connectivity index (χ0n) is 16.4. The molecule has 0 radical (unpaired) electrons. The van der Waals surface area contributed by atoms with E-state index in [9.17, 15) is 4.79 Å². The fraction of sp³-hybridized carbons (Fsp3) is 0.409. The molecule has 0 bridgehead atoms. The molecule has 1 amide bonds. The Morgan fingerprint density at radius 1 is 1.25 bits per heavy atom. The molecule has 0 spiro atoms. The van der Waals surface area contributed by atoms with E-state index in [1.807, 2.05) is 0 Å². The number of carbonyl (C=O) groups is 1. The molecule has 3 heterocycles. The number of hydrogen-bond acceptors (Lipinski definition) is 5. The minimum absolute atomic E-state index is 0.151. The average Bonchev–Trinajstić information content (AvgIpc) is 3.08. The summed E-state index contributed by atoms with van der Waals surface area (Å²) in [6.45, 7) is 5.99. The standard InChI is InChI=1S/C22H26N4OS/c1-15-4-3-5-17(12-15)6-7-19(27)25-18-8-10-26(11-9-18)22-21-20(23-14-24-22)16(2)13-28-21/h3-5,12-14,18H,6-11H2,1-2H3,(H,25,27). The van der Waals surface area contributed by atoms with Gasteiger partial charge in [-0.15, -0.1) is 11.3 Å². The van der Waals surface area contributed by atoms with Crippen molar-refractivity contribution in [1.82, 2.24) is 15.3 Å². The second kappa shape index (κ2) is 8.27. The molecule has 28 heavy (non-hydrogen) atoms. The Balaban J connectivity index is 1.30. The molecule has 6 heteroatoms. The molecule has 1 aliphatic rings. The maximum atomic E-state index is 12.4. The minimum Gasteiger partial charge on any atom is -0.355 e. The number of nitrogens with one attached hydrogen (secondary N) is 1. The van der Waals surface area contributed by atoms with Gasteiger partial charge in [-0.2, -0.15) is 0 Å². The van der Waals surface area contributed by atoms with Crippen LogP contribution in [-0.4, -0.2) is 35.0 Å². The molecular weight excluding hydrogens is 368 g/mol. The lowest BCUT2D eigenvalue weighted by Crippen LogP contribution is -2.45. The van der Waals surface area contributed by atoms with Crippen molar-refractivity contribution in [2.75, 3.05) is 18.0 Å². The topological polar surface area (TPSA) is 58.1 Å². The van der Waals surface area contributed by atoms with Crippen molar-refractivity contribution >= 4 is 33.3 Å². The Bertz CT molecular complexity index is 976. The summed E-state index contributed by atoms with van der Waals surface area (Å²) >= 11 is 1.71. The van der Waals surface area contributed by atoms with E-state index in [0.29, 0.717) is 6.42 Å². The number of anilines is 1. The van der Waals surface area contributed by atoms with E-state index in [2.05, 4.69) is 63.7 Å². The first-order valence-corrected chi connectivity index (χ1v) is 10.8. The molecule has 3 aromatic rings. The number of carbonyl (C=O) groups excluding carboxylic acids is 1. The number of piperidine rings is 1. The van der Waals surface area contributed by atoms with Crippen LogP contribution in [0.15, 0.2) is 36.0 Å². The number of thiophene rings is 1. The van der Waals surface area contributed by atoms with Gasteiger partial charge >= 0.3 is 0 Å². The van der Waals surface area contributed by atoms with Crippen LogP contribution in [0.4, 0.5) is 5.82 Å². The molecule has 4 rings (SSSR count). The lowest BCUT2D eigenvalue weighted by atomic mass is 10.0. The smallest absolute Gasteiger partial charge is 0.220 e. The summed E-state index contributed by atoms with van der Waals surface area (Å²) in [4.78, 5) is 23.6. The Labute approximate surface area is 169 Å². The van der Waals surface area contributed by atoms with Crippen LogP contribution in [0.3, 0.4) is 0 Å². The molecule has 146 valence electrons. The highest BCUT2D eigenvalue weighted by atomic mass is 32.1. The van der Waals surface area contributed by atoms with Gasteiger partial charge in [0.05, 0.1) is 10.2 Å². The monoisotopic (exact) mass is 394 g/mol. The predicted molar refractivity (Wildman–Crippen MR) is 115 cm³/mol. The summed E-state index contributed by atoms with van der Waals surface area (Å²) in [6.07, 6.45) is 4.91. The second-order valence-electron chi connectivity index (χ2n) is 7.61. The van der Waals surface area contributed by atoms with Gasteiger partial charge in [-0.1, -0.05) is 29.8 Å². The minimum atomic E-state index is 0.151. The van der Waals surface area contributed by atoms with Gasteiger partial charge in [0.25, 0.3) is 0 Å². The van der Waals surface area contributed by atoms with E-state index in [1.54, 1.807) is 17.7 Å². The summed E-state index contributed by atoms with van der Waals surface area (Å²) in [5.74, 6) is 1.19. The molecule has 1 fully saturated rings. The van der Waals surface area contributed by atoms with E-state index in [4.69, 9.17) is 0 Å². The highest BCUT2D eigenvalue weighted by Gasteiger charge is 2.23. The number of hydrogen-bond donors (Lipinski definition) is 1. The Kier molecular flexibility index (Phi) is 5.57. The largest absolute Gasteiger partial charge is 0.355 e. The van der Waals surface area contributed by atoms with Crippen LogP contribution in [-0.2, 0) is 11.2 Å². The number of aromatic nitrogens is 2. The van der Waals surface area contributed by atoms with Crippen LogP contribution < -0.4 is 10.2 Å². The van der Waals surface area contributed by atoms with Crippen molar-refractivity contribution in [3.63, 3.8) is 0 Å². The van der Waals surface area contributed by atoms with Crippen molar-refractivity contribution in [1.29, 1.82) is 0 Å². The summed E-state index contributed by atoms with van der Waals surface area (Å²) in [5.41, 5.74) is 4.73. The molecule has 0 unspecified atom stereocenters. The SMILES string of the molecule is Cc1cccc(CCC(=O)NC2CCN(c3ncnc4c(C)csc34)CC2)c1. The first kappa shape index (κ1) is 18.9. The van der Waals surface area contributed by atoms with Crippen molar-refractivity contribution < 1.29 is 4.79 Å². The Morgan fingerprint density at radius 3 is 2.86 bits per heavy atom. The lowest BCUT2D eigenvalue weighted by molar-refractivity contribution is -0.121. The quantitative estimate of drug-likeness (QED) is 0.710. The summed E-state index contributed by atoms with van der Waals surface area (Å²) in [6, 6.07) is 8.63. The van der Waals surface area contributed by atoms with Gasteiger partial charge in [0.1, 0.15) is 12.1 Å². The van der Waals surface area contributed by atoms with E-state index in [1.165, 1.54) is 21.4 Å². The van der Waals surface area contributed by atoms with Gasteiger partial charge in [-0.25, -0.2) is 9.97 Å². The van der Waals surface area contributed by atoms with Crippen molar-refractivity contribution in [2.45, 2.75) is 45.6 Å². The van der Waals surface area contributed by atoms with Crippen molar-refractivity contribution in [3.05, 3.63) is 52.7 Å². The average molecular weight is 395 g/mol. The van der Waals surface area contributed by atoms with Crippen LogP contribution >= 0.6 is 11.3 Å². The summed E-state index contributed by atoms with van der Waals surface area (Å²) in [5, 5.41) is 5.36. The van der Waals surface area contributed by atoms with Crippen molar-refractivity contribution in [2.24, 2.45) is 0 Å². The van der Waals surface area contributed by atoms with Crippen LogP contribution in [0, 0.1) is 13.8 Å². The first-order valence-electron chi connectivity index (χ1n) is 9.89. The van der Waals surface area contributed by atoms with Gasteiger partial charge in [-0.3, -0.25) is 4.79 Å². The number of fused-ring (bicyclic) bond motifs is 1. The number of nitrogens with zero attached hydrogens (tertiary/aromatic N) is 3. The van der Waals surface area contributed by atoms with E-state index in [-0.39, 0.29) is 11.9 Å². The zero-order chi connectivity index (χ0) is 19.5. The molecule has 1 aliphatic heterocycles. The van der Waals surface area contributed by atoms with Gasteiger partial charge in [0.2, 0.25) is 5.91 Å². The van der Waals surface area contributed by atoms with Gasteiger partial charge in [-0.05, 0) is 49.6 Å². The first-order chi connectivity index (χ1) is 13.6. The van der Waals surface area contributed by atoms with Crippen LogP contribution in [0.25, 0.3) is 10.2 Å². The molecule has 0 saturated carbocycles. The molecule has 1 saturated heterocycles. The third-order valence-electron chi connectivity index (χ3n) is 5.39. The van der Waals surface area contributed by atoms with Gasteiger partial charge in [0.15, 0.2) is 0 Å². The van der Waals surface area contributed by atoms with Crippen LogP contribution in [0.1, 0.15) is 36.0 Å². The fourth-order valence-corrected chi connectivity index (χ4v) is 4.86. The number of rotatable bonds is 5. The summed E-state index contributed by atoms with van der Waals surface area (Å²) < 4.78 is 1.17. The van der Waals surface area contributed by atoms with E-state index < -0.39 is 0 Å². The van der Waals surface area contributed by atoms with E-state index >= 15 is 0 Å². The Hall–Kier alpha value is -2.47. The normalized spacial score (nSPS) is 15.1. The second-order valence-corrected chi connectivity index (χ2v) is 8.49. The van der Waals surface area contributed by atoms with E-state index in [0.717, 1.165) is 43.7 Å². The Morgan fingerprint density at radius 2 is 2.07 bits per heavy atom. The van der Waals surface area contributed by atoms with Gasteiger partial charge in [0, 0.05) is 25.6 Å². The number of benzene rings is 1. The van der Waals surface area contributed by atoms with Crippen LogP contribution in [0.2, 0.25) is 0 Å². The molecule has 5 nitrogen and oxygen atoms in total. The number of aryl methyl sites for hydroxylation is 3. The highest BCUT2D eigenvalue weighted by Crippen LogP contribution is 2.32. The third-order valence-corrected chi connectivity index (χ3v) is 6.48. The maximum Gasteiger partial charge on any atom is 0.220 e. The van der Waals surface area contributed by atoms with Gasteiger partial charge < -0.3 is 10.2 Å². The molecular formula is C22H26N4OS. The van der Waals surface area contributed by atoms with Crippen molar-refractivity contribution in [3.8, 4) is 0 Å². The summed E-state index contributed by atoms with van der Waals surface area (Å²) in [7, 11) is 0. The molecule has 2 aromatic heterocycles. The predicted octanol–water partition coefficient (Wildman–Crippen LogP) is 4.03.